The Labute approximate surface area is 104 Å². The maximum absolute atomic E-state index is 11.3. The first-order chi connectivity index (χ1) is 7.18. The average Bonchev–Trinajstić information content (AvgIpc) is 2.18. The van der Waals surface area contributed by atoms with Crippen LogP contribution in [0.15, 0.2) is 0 Å². The molecule has 3 N–H and O–H groups in total. The Balaban J connectivity index is 0.00000225. The van der Waals surface area contributed by atoms with E-state index >= 15 is 0 Å². The van der Waals surface area contributed by atoms with E-state index in [-0.39, 0.29) is 24.4 Å². The first kappa shape index (κ1) is 15.7. The minimum Gasteiger partial charge on any atom is -0.381 e. The summed E-state index contributed by atoms with van der Waals surface area (Å²) < 4.78 is 5.28. The van der Waals surface area contributed by atoms with Gasteiger partial charge < -0.3 is 15.8 Å². The molecule has 1 fully saturated rings. The van der Waals surface area contributed by atoms with Crippen LogP contribution in [0.5, 0.6) is 0 Å². The van der Waals surface area contributed by atoms with Gasteiger partial charge in [0, 0.05) is 32.2 Å². The van der Waals surface area contributed by atoms with Crippen LogP contribution in [0.3, 0.4) is 0 Å². The molecule has 1 heterocycles. The van der Waals surface area contributed by atoms with Crippen molar-refractivity contribution in [2.75, 3.05) is 19.8 Å². The third-order valence-corrected chi connectivity index (χ3v) is 2.72. The van der Waals surface area contributed by atoms with Gasteiger partial charge in [-0.05, 0) is 32.1 Å². The zero-order valence-corrected chi connectivity index (χ0v) is 10.7. The van der Waals surface area contributed by atoms with Gasteiger partial charge in [-0.1, -0.05) is 0 Å². The summed E-state index contributed by atoms with van der Waals surface area (Å²) in [5.41, 5.74) is 5.53. The Morgan fingerprint density at radius 3 is 2.69 bits per heavy atom. The van der Waals surface area contributed by atoms with E-state index in [0.29, 0.717) is 12.3 Å². The molecule has 16 heavy (non-hydrogen) atoms. The number of nitrogens with one attached hydrogen (secondary N) is 1. The molecule has 96 valence electrons. The van der Waals surface area contributed by atoms with Crippen molar-refractivity contribution in [3.63, 3.8) is 0 Å². The molecule has 1 unspecified atom stereocenters. The highest BCUT2D eigenvalue weighted by Gasteiger charge is 2.13. The lowest BCUT2D eigenvalue weighted by atomic mass is 9.97. The Kier molecular flexibility index (Phi) is 8.61. The predicted molar refractivity (Wildman–Crippen MR) is 66.7 cm³/mol. The summed E-state index contributed by atoms with van der Waals surface area (Å²) in [6, 6.07) is -0.0481. The van der Waals surface area contributed by atoms with Gasteiger partial charge in [0.1, 0.15) is 0 Å². The first-order valence-corrected chi connectivity index (χ1v) is 5.78. The lowest BCUT2D eigenvalue weighted by molar-refractivity contribution is -0.121. The second-order valence-corrected chi connectivity index (χ2v) is 4.38. The summed E-state index contributed by atoms with van der Waals surface area (Å²) in [6.45, 7) is 4.37. The summed E-state index contributed by atoms with van der Waals surface area (Å²) in [4.78, 5) is 11.3. The smallest absolute Gasteiger partial charge is 0.221 e. The lowest BCUT2D eigenvalue weighted by Gasteiger charge is -2.21. The van der Waals surface area contributed by atoms with E-state index in [1.54, 1.807) is 0 Å². The van der Waals surface area contributed by atoms with Gasteiger partial charge >= 0.3 is 0 Å². The van der Waals surface area contributed by atoms with Gasteiger partial charge in [0.25, 0.3) is 0 Å². The van der Waals surface area contributed by atoms with Crippen LogP contribution in [0.25, 0.3) is 0 Å². The van der Waals surface area contributed by atoms with E-state index in [0.717, 1.165) is 39.0 Å². The molecule has 1 aliphatic heterocycles. The maximum atomic E-state index is 11.3. The number of nitrogens with two attached hydrogens (primary N) is 1. The number of hydrogen-bond donors (Lipinski definition) is 2. The molecule has 0 aromatic rings. The van der Waals surface area contributed by atoms with E-state index in [1.165, 1.54) is 0 Å². The molecule has 0 aromatic carbocycles. The van der Waals surface area contributed by atoms with Gasteiger partial charge in [0.2, 0.25) is 5.91 Å². The normalized spacial score (nSPS) is 18.6. The fourth-order valence-electron chi connectivity index (χ4n) is 1.82. The second kappa shape index (κ2) is 8.79. The molecule has 5 heteroatoms. The number of rotatable bonds is 5. The Morgan fingerprint density at radius 2 is 2.12 bits per heavy atom. The van der Waals surface area contributed by atoms with Gasteiger partial charge in [-0.2, -0.15) is 0 Å². The summed E-state index contributed by atoms with van der Waals surface area (Å²) in [6.07, 6.45) is 3.74. The molecule has 0 radical (unpaired) electrons. The van der Waals surface area contributed by atoms with Crippen molar-refractivity contribution < 1.29 is 9.53 Å². The lowest BCUT2D eigenvalue weighted by Crippen LogP contribution is -2.31. The van der Waals surface area contributed by atoms with Gasteiger partial charge in [0.15, 0.2) is 0 Å². The number of ether oxygens (including phenoxy) is 1. The molecule has 0 aromatic heterocycles. The topological polar surface area (TPSA) is 64.4 Å². The maximum Gasteiger partial charge on any atom is 0.221 e. The van der Waals surface area contributed by atoms with Gasteiger partial charge in [0.05, 0.1) is 0 Å². The van der Waals surface area contributed by atoms with E-state index in [9.17, 15) is 4.79 Å². The summed E-state index contributed by atoms with van der Waals surface area (Å²) in [5.74, 6) is 0.784. The highest BCUT2D eigenvalue weighted by Crippen LogP contribution is 2.17. The van der Waals surface area contributed by atoms with Crippen molar-refractivity contribution in [2.45, 2.75) is 38.6 Å². The predicted octanol–water partition coefficient (Wildman–Crippen LogP) is 1.08. The quantitative estimate of drug-likeness (QED) is 0.768. The summed E-state index contributed by atoms with van der Waals surface area (Å²) in [7, 11) is 0. The largest absolute Gasteiger partial charge is 0.381 e. The third kappa shape index (κ3) is 7.04. The van der Waals surface area contributed by atoms with E-state index in [2.05, 4.69) is 5.32 Å². The molecule has 1 aliphatic rings. The Morgan fingerprint density at radius 1 is 1.50 bits per heavy atom. The molecule has 1 atom stereocenters. The molecular weight excluding hydrogens is 228 g/mol. The van der Waals surface area contributed by atoms with Crippen LogP contribution in [0.1, 0.15) is 32.6 Å². The highest BCUT2D eigenvalue weighted by molar-refractivity contribution is 5.85. The van der Waals surface area contributed by atoms with E-state index in [4.69, 9.17) is 10.5 Å². The van der Waals surface area contributed by atoms with Crippen molar-refractivity contribution in [3.05, 3.63) is 0 Å². The Hall–Kier alpha value is -0.320. The van der Waals surface area contributed by atoms with E-state index in [1.807, 2.05) is 6.92 Å². The molecule has 0 bridgehead atoms. The average molecular weight is 251 g/mol. The second-order valence-electron chi connectivity index (χ2n) is 4.38. The van der Waals surface area contributed by atoms with Crippen LogP contribution >= 0.6 is 12.4 Å². The molecule has 0 saturated carbocycles. The highest BCUT2D eigenvalue weighted by atomic mass is 35.5. The number of halogens is 1. The number of amides is 1. The monoisotopic (exact) mass is 250 g/mol. The summed E-state index contributed by atoms with van der Waals surface area (Å²) >= 11 is 0. The van der Waals surface area contributed by atoms with Gasteiger partial charge in [-0.15, -0.1) is 12.4 Å². The van der Waals surface area contributed by atoms with Crippen LogP contribution in [0, 0.1) is 5.92 Å². The summed E-state index contributed by atoms with van der Waals surface area (Å²) in [5, 5.41) is 2.90. The number of carbonyl (C=O) groups excluding carboxylic acids is 1. The van der Waals surface area contributed by atoms with Crippen LogP contribution in [0.2, 0.25) is 0 Å². The SMILES string of the molecule is CC(N)CC(=O)NCCC1CCOCC1.Cl. The number of hydrogen-bond acceptors (Lipinski definition) is 3. The molecule has 4 nitrogen and oxygen atoms in total. The van der Waals surface area contributed by atoms with Crippen molar-refractivity contribution in [1.29, 1.82) is 0 Å². The van der Waals surface area contributed by atoms with Crippen molar-refractivity contribution in [2.24, 2.45) is 11.7 Å². The molecule has 0 spiro atoms. The van der Waals surface area contributed by atoms with Gasteiger partial charge in [-0.25, -0.2) is 0 Å². The zero-order valence-electron chi connectivity index (χ0n) is 9.91. The van der Waals surface area contributed by atoms with Crippen molar-refractivity contribution in [1.82, 2.24) is 5.32 Å². The minimum absolute atomic E-state index is 0. The van der Waals surface area contributed by atoms with Crippen LogP contribution in [0.4, 0.5) is 0 Å². The van der Waals surface area contributed by atoms with Crippen LogP contribution in [-0.2, 0) is 9.53 Å². The minimum atomic E-state index is -0.0481. The van der Waals surface area contributed by atoms with Crippen LogP contribution in [-0.4, -0.2) is 31.7 Å². The fourth-order valence-corrected chi connectivity index (χ4v) is 1.82. The van der Waals surface area contributed by atoms with Crippen molar-refractivity contribution in [3.8, 4) is 0 Å². The first-order valence-electron chi connectivity index (χ1n) is 5.78. The molecule has 1 amide bonds. The standard InChI is InChI=1S/C11H22N2O2.ClH/c1-9(12)8-11(14)13-5-2-10-3-6-15-7-4-10;/h9-10H,2-8,12H2,1H3,(H,13,14);1H. The molecular formula is C11H23ClN2O2. The third-order valence-electron chi connectivity index (χ3n) is 2.72. The van der Waals surface area contributed by atoms with Gasteiger partial charge in [-0.3, -0.25) is 4.79 Å². The molecule has 1 saturated heterocycles. The van der Waals surface area contributed by atoms with Crippen LogP contribution < -0.4 is 11.1 Å². The Bertz CT molecular complexity index is 194. The fraction of sp³-hybridized carbons (Fsp3) is 0.909. The van der Waals surface area contributed by atoms with E-state index < -0.39 is 0 Å². The number of carbonyl (C=O) groups is 1. The molecule has 0 aliphatic carbocycles. The zero-order chi connectivity index (χ0) is 11.1. The van der Waals surface area contributed by atoms with Crippen molar-refractivity contribution >= 4 is 18.3 Å². The molecule has 1 rings (SSSR count).